The van der Waals surface area contributed by atoms with Crippen molar-refractivity contribution < 1.29 is 19.8 Å². The van der Waals surface area contributed by atoms with Crippen LogP contribution in [-0.2, 0) is 12.8 Å². The van der Waals surface area contributed by atoms with Crippen molar-refractivity contribution >= 4 is 11.9 Å². The van der Waals surface area contributed by atoms with Gasteiger partial charge in [-0.25, -0.2) is 9.59 Å². The minimum atomic E-state index is -1.17. The summed E-state index contributed by atoms with van der Waals surface area (Å²) in [5, 5.41) is 18.5. The minimum absolute atomic E-state index is 0.0498. The molecule has 1 aromatic rings. The van der Waals surface area contributed by atoms with E-state index in [1.165, 1.54) is 6.07 Å². The van der Waals surface area contributed by atoms with Gasteiger partial charge in [0.15, 0.2) is 0 Å². The second kappa shape index (κ2) is 7.68. The van der Waals surface area contributed by atoms with E-state index in [1.54, 1.807) is 0 Å². The second-order valence-corrected chi connectivity index (χ2v) is 4.99. The lowest BCUT2D eigenvalue weighted by atomic mass is 9.92. The lowest BCUT2D eigenvalue weighted by Gasteiger charge is -2.12. The number of carbonyl (C=O) groups is 2. The van der Waals surface area contributed by atoms with Crippen LogP contribution in [0.4, 0.5) is 0 Å². The lowest BCUT2D eigenvalue weighted by molar-refractivity contribution is 0.0650. The Morgan fingerprint density at radius 3 is 2.05 bits per heavy atom. The molecule has 0 aliphatic heterocycles. The first-order valence-electron chi connectivity index (χ1n) is 7.13. The summed E-state index contributed by atoms with van der Waals surface area (Å²) in [5.74, 6) is -2.32. The third-order valence-corrected chi connectivity index (χ3v) is 3.34. The highest BCUT2D eigenvalue weighted by Crippen LogP contribution is 2.22. The van der Waals surface area contributed by atoms with Crippen LogP contribution >= 0.6 is 0 Å². The number of hydrogen-bond acceptors (Lipinski definition) is 2. The molecule has 110 valence electrons. The van der Waals surface area contributed by atoms with E-state index < -0.39 is 11.9 Å². The molecule has 0 radical (unpaired) electrons. The largest absolute Gasteiger partial charge is 0.478 e. The number of carboxylic acids is 2. The molecule has 1 aromatic carbocycles. The Hall–Kier alpha value is -1.84. The molecule has 0 heterocycles. The zero-order valence-electron chi connectivity index (χ0n) is 12.1. The fraction of sp³-hybridized carbons (Fsp3) is 0.500. The van der Waals surface area contributed by atoms with Gasteiger partial charge in [0.05, 0.1) is 11.1 Å². The molecule has 2 N–H and O–H groups in total. The number of carboxylic acid groups (broad SMARTS) is 2. The summed E-state index contributed by atoms with van der Waals surface area (Å²) >= 11 is 0. The average molecular weight is 278 g/mol. The van der Waals surface area contributed by atoms with Gasteiger partial charge in [0.1, 0.15) is 0 Å². The average Bonchev–Trinajstić information content (AvgIpc) is 2.41. The molecule has 1 rings (SSSR count). The Balaban J connectivity index is 3.30. The molecule has 0 fully saturated rings. The Bertz CT molecular complexity index is 491. The summed E-state index contributed by atoms with van der Waals surface area (Å²) in [7, 11) is 0. The van der Waals surface area contributed by atoms with Crippen molar-refractivity contribution in [2.24, 2.45) is 0 Å². The molecule has 0 aromatic heterocycles. The van der Waals surface area contributed by atoms with Gasteiger partial charge >= 0.3 is 11.9 Å². The van der Waals surface area contributed by atoms with Gasteiger partial charge in [-0.15, -0.1) is 0 Å². The zero-order valence-corrected chi connectivity index (χ0v) is 12.1. The Kier molecular flexibility index (Phi) is 6.22. The molecule has 4 heteroatoms. The first-order valence-corrected chi connectivity index (χ1v) is 7.13. The minimum Gasteiger partial charge on any atom is -0.478 e. The van der Waals surface area contributed by atoms with Crippen LogP contribution in [0, 0.1) is 0 Å². The van der Waals surface area contributed by atoms with Crippen LogP contribution in [0.15, 0.2) is 12.1 Å². The van der Waals surface area contributed by atoms with Crippen molar-refractivity contribution in [3.8, 4) is 0 Å². The maximum atomic E-state index is 11.4. The molecule has 4 nitrogen and oxygen atoms in total. The van der Waals surface area contributed by atoms with Gasteiger partial charge in [0.2, 0.25) is 0 Å². The van der Waals surface area contributed by atoms with E-state index in [0.717, 1.165) is 37.7 Å². The van der Waals surface area contributed by atoms with Gasteiger partial charge < -0.3 is 10.2 Å². The molecule has 0 bridgehead atoms. The fourth-order valence-corrected chi connectivity index (χ4v) is 2.28. The normalized spacial score (nSPS) is 10.5. The van der Waals surface area contributed by atoms with Gasteiger partial charge in [-0.2, -0.15) is 0 Å². The van der Waals surface area contributed by atoms with Crippen molar-refractivity contribution in [2.45, 2.75) is 52.4 Å². The van der Waals surface area contributed by atoms with Crippen molar-refractivity contribution in [3.63, 3.8) is 0 Å². The third kappa shape index (κ3) is 4.08. The monoisotopic (exact) mass is 278 g/mol. The highest BCUT2D eigenvalue weighted by molar-refractivity contribution is 6.03. The molecule has 0 atom stereocenters. The van der Waals surface area contributed by atoms with E-state index in [4.69, 9.17) is 0 Å². The van der Waals surface area contributed by atoms with Gasteiger partial charge in [0, 0.05) is 0 Å². The standard InChI is InChI=1S/C16H22O4/c1-3-5-7-11-9-12(8-6-4-2)14(16(19)20)13(10-11)15(17)18/h9-10H,3-8H2,1-2H3,(H,17,18)(H,19,20). The van der Waals surface area contributed by atoms with Crippen LogP contribution in [0.5, 0.6) is 0 Å². The SMILES string of the molecule is CCCCc1cc(CCCC)c(C(=O)O)c(C(=O)O)c1. The van der Waals surface area contributed by atoms with Crippen molar-refractivity contribution in [3.05, 3.63) is 34.4 Å². The number of benzene rings is 1. The van der Waals surface area contributed by atoms with E-state index in [9.17, 15) is 19.8 Å². The quantitative estimate of drug-likeness (QED) is 0.759. The van der Waals surface area contributed by atoms with Crippen molar-refractivity contribution in [1.29, 1.82) is 0 Å². The van der Waals surface area contributed by atoms with E-state index in [-0.39, 0.29) is 11.1 Å². The van der Waals surface area contributed by atoms with Crippen LogP contribution < -0.4 is 0 Å². The van der Waals surface area contributed by atoms with Gasteiger partial charge in [-0.1, -0.05) is 32.8 Å². The third-order valence-electron chi connectivity index (χ3n) is 3.34. The van der Waals surface area contributed by atoms with Crippen LogP contribution in [0.25, 0.3) is 0 Å². The molecule has 0 spiro atoms. The molecule has 0 saturated heterocycles. The van der Waals surface area contributed by atoms with E-state index in [0.29, 0.717) is 12.0 Å². The summed E-state index contributed by atoms with van der Waals surface area (Å²) in [5.41, 5.74) is 1.43. The Morgan fingerprint density at radius 2 is 1.55 bits per heavy atom. The van der Waals surface area contributed by atoms with Crippen molar-refractivity contribution in [1.82, 2.24) is 0 Å². The zero-order chi connectivity index (χ0) is 15.1. The van der Waals surface area contributed by atoms with Crippen LogP contribution in [-0.4, -0.2) is 22.2 Å². The molecule has 0 unspecified atom stereocenters. The Labute approximate surface area is 119 Å². The second-order valence-electron chi connectivity index (χ2n) is 4.99. The topological polar surface area (TPSA) is 74.6 Å². The van der Waals surface area contributed by atoms with Crippen molar-refractivity contribution in [2.75, 3.05) is 0 Å². The maximum absolute atomic E-state index is 11.4. The first kappa shape index (κ1) is 16.2. The number of aryl methyl sites for hydroxylation is 2. The van der Waals surface area contributed by atoms with Crippen LogP contribution in [0.2, 0.25) is 0 Å². The highest BCUT2D eigenvalue weighted by atomic mass is 16.4. The molecule has 0 aliphatic carbocycles. The lowest BCUT2D eigenvalue weighted by Crippen LogP contribution is -2.13. The highest BCUT2D eigenvalue weighted by Gasteiger charge is 2.21. The van der Waals surface area contributed by atoms with Crippen LogP contribution in [0.1, 0.15) is 71.4 Å². The van der Waals surface area contributed by atoms with Crippen LogP contribution in [0.3, 0.4) is 0 Å². The predicted molar refractivity (Wildman–Crippen MR) is 77.6 cm³/mol. The Morgan fingerprint density at radius 1 is 0.950 bits per heavy atom. The first-order chi connectivity index (χ1) is 9.51. The number of hydrogen-bond donors (Lipinski definition) is 2. The number of aromatic carboxylic acids is 2. The smallest absolute Gasteiger partial charge is 0.336 e. The summed E-state index contributed by atoms with van der Waals surface area (Å²) in [6.45, 7) is 4.10. The van der Waals surface area contributed by atoms with Gasteiger partial charge in [-0.05, 0) is 42.9 Å². The van der Waals surface area contributed by atoms with Gasteiger partial charge in [-0.3, -0.25) is 0 Å². The molecule has 0 amide bonds. The summed E-state index contributed by atoms with van der Waals surface area (Å²) < 4.78 is 0. The fourth-order valence-electron chi connectivity index (χ4n) is 2.28. The maximum Gasteiger partial charge on any atom is 0.336 e. The van der Waals surface area contributed by atoms with Gasteiger partial charge in [0.25, 0.3) is 0 Å². The predicted octanol–water partition coefficient (Wildman–Crippen LogP) is 3.77. The molecule has 0 aliphatic rings. The number of unbranched alkanes of at least 4 members (excludes halogenated alkanes) is 2. The molecular weight excluding hydrogens is 256 g/mol. The summed E-state index contributed by atoms with van der Waals surface area (Å²) in [4.78, 5) is 22.7. The molecule has 20 heavy (non-hydrogen) atoms. The van der Waals surface area contributed by atoms with E-state index in [1.807, 2.05) is 13.0 Å². The van der Waals surface area contributed by atoms with E-state index >= 15 is 0 Å². The molecule has 0 saturated carbocycles. The summed E-state index contributed by atoms with van der Waals surface area (Å²) in [6.07, 6.45) is 5.19. The number of rotatable bonds is 8. The van der Waals surface area contributed by atoms with E-state index in [2.05, 4.69) is 6.92 Å². The molecular formula is C16H22O4. The summed E-state index contributed by atoms with van der Waals surface area (Å²) in [6, 6.07) is 3.37.